The minimum atomic E-state index is -2.24. The highest BCUT2D eigenvalue weighted by molar-refractivity contribution is 5.97. The minimum absolute atomic E-state index is 0.0480. The molecular weight excluding hydrogens is 993 g/mol. The summed E-state index contributed by atoms with van der Waals surface area (Å²) < 4.78 is 0. The van der Waals surface area contributed by atoms with Crippen LogP contribution in [0, 0.1) is 17.8 Å². The van der Waals surface area contributed by atoms with Crippen molar-refractivity contribution in [1.82, 2.24) is 31.5 Å². The summed E-state index contributed by atoms with van der Waals surface area (Å²) in [5.74, 6) is -7.05. The van der Waals surface area contributed by atoms with E-state index in [0.717, 1.165) is 69.4 Å². The Balaban J connectivity index is 2.38. The Bertz CT molecular complexity index is 2000. The summed E-state index contributed by atoms with van der Waals surface area (Å²) in [6.45, 7) is 11.4. The van der Waals surface area contributed by atoms with Gasteiger partial charge in [0, 0.05) is 32.2 Å². The fourth-order valence-corrected chi connectivity index (χ4v) is 9.10. The van der Waals surface area contributed by atoms with E-state index in [0.29, 0.717) is 31.1 Å². The van der Waals surface area contributed by atoms with Gasteiger partial charge in [0.25, 0.3) is 0 Å². The smallest absolute Gasteiger partial charge is 0.248 e. The number of aliphatic hydroxyl groups is 8. The molecule has 23 heteroatoms. The number of aromatic hydroxyl groups is 1. The number of hydrogen-bond donors (Lipinski definition) is 14. The molecule has 1 aliphatic rings. The number of rotatable bonds is 36. The van der Waals surface area contributed by atoms with Crippen LogP contribution in [0.15, 0.2) is 24.3 Å². The number of Topliss-reactive ketones (excluding diaryl/α,β-unsaturated/α-hetero) is 1. The molecule has 16 atom stereocenters. The summed E-state index contributed by atoms with van der Waals surface area (Å²) in [6.07, 6.45) is -6.30. The number of phenols is 1. The number of β-amino-alcohol motifs (C(OH)–C–C–N with tert-alkyl or cyclic N) is 1. The molecule has 76 heavy (non-hydrogen) atoms. The SMILES string of the molecule is CCCC(O)C(C)C(=O)NC(O)C(O)CC(NC(=O)CCCCCCCCC(C)CC(C)CC)C(=O)NC(C(=O)N1CC(O)CC1C(=O)NC(C(=O)NC(C(C)=O)C(O)CC=O)C(O)C(O)c1ccc(O)cc1)C(C)O. The van der Waals surface area contributed by atoms with Crippen molar-refractivity contribution in [1.29, 1.82) is 0 Å². The molecule has 14 N–H and O–H groups in total. The van der Waals surface area contributed by atoms with Crippen molar-refractivity contribution >= 4 is 47.5 Å². The number of likely N-dealkylation sites (tertiary alicyclic amines) is 1. The van der Waals surface area contributed by atoms with Gasteiger partial charge < -0.3 is 82.2 Å². The van der Waals surface area contributed by atoms with Crippen molar-refractivity contribution in [2.24, 2.45) is 17.8 Å². The van der Waals surface area contributed by atoms with Gasteiger partial charge >= 0.3 is 0 Å². The van der Waals surface area contributed by atoms with Crippen molar-refractivity contribution in [3.8, 4) is 5.75 Å². The summed E-state index contributed by atoms with van der Waals surface area (Å²) in [4.78, 5) is 107. The summed E-state index contributed by atoms with van der Waals surface area (Å²) in [6, 6.07) is -4.54. The van der Waals surface area contributed by atoms with E-state index >= 15 is 0 Å². The lowest BCUT2D eigenvalue weighted by Gasteiger charge is -2.33. The van der Waals surface area contributed by atoms with Crippen LogP contribution in [0.1, 0.15) is 156 Å². The van der Waals surface area contributed by atoms with Gasteiger partial charge in [-0.2, -0.15) is 0 Å². The molecule has 0 aliphatic carbocycles. The van der Waals surface area contributed by atoms with Crippen LogP contribution in [-0.4, -0.2) is 178 Å². The van der Waals surface area contributed by atoms with Crippen LogP contribution >= 0.6 is 0 Å². The van der Waals surface area contributed by atoms with Gasteiger partial charge in [-0.15, -0.1) is 0 Å². The number of ketones is 1. The molecule has 1 aromatic carbocycles. The Morgan fingerprint density at radius 3 is 1.87 bits per heavy atom. The first-order valence-electron chi connectivity index (χ1n) is 26.8. The topological polar surface area (TPSA) is 382 Å². The minimum Gasteiger partial charge on any atom is -0.508 e. The van der Waals surface area contributed by atoms with Crippen molar-refractivity contribution in [3.63, 3.8) is 0 Å². The molecule has 1 heterocycles. The summed E-state index contributed by atoms with van der Waals surface area (Å²) in [5.41, 5.74) is -0.0539. The number of unbranched alkanes of at least 4 members (excludes halogenated alkanes) is 5. The fourth-order valence-electron chi connectivity index (χ4n) is 9.10. The average Bonchev–Trinajstić information content (AvgIpc) is 3.77. The maximum atomic E-state index is 14.4. The maximum absolute atomic E-state index is 14.4. The van der Waals surface area contributed by atoms with E-state index in [1.807, 2.05) is 0 Å². The molecule has 0 bridgehead atoms. The van der Waals surface area contributed by atoms with E-state index in [9.17, 15) is 84.3 Å². The van der Waals surface area contributed by atoms with Gasteiger partial charge in [-0.05, 0) is 62.6 Å². The number of nitrogens with one attached hydrogen (secondary N) is 5. The first-order valence-corrected chi connectivity index (χ1v) is 26.8. The second-order valence-corrected chi connectivity index (χ2v) is 20.7. The van der Waals surface area contributed by atoms with Crippen LogP contribution in [0.2, 0.25) is 0 Å². The number of aliphatic hydroxyl groups excluding tert-OH is 8. The van der Waals surface area contributed by atoms with Crippen LogP contribution in [0.25, 0.3) is 0 Å². The van der Waals surface area contributed by atoms with E-state index in [1.54, 1.807) is 6.92 Å². The van der Waals surface area contributed by atoms with E-state index < -0.39 is 152 Å². The quantitative estimate of drug-likeness (QED) is 0.0235. The van der Waals surface area contributed by atoms with Gasteiger partial charge in [-0.25, -0.2) is 0 Å². The summed E-state index contributed by atoms with van der Waals surface area (Å²) in [7, 11) is 0. The summed E-state index contributed by atoms with van der Waals surface area (Å²) in [5, 5.41) is 108. The van der Waals surface area contributed by atoms with E-state index in [1.165, 1.54) is 25.5 Å². The lowest BCUT2D eigenvalue weighted by molar-refractivity contribution is -0.146. The predicted octanol–water partition coefficient (Wildman–Crippen LogP) is -0.217. The molecule has 23 nitrogen and oxygen atoms in total. The lowest BCUT2D eigenvalue weighted by atomic mass is 9.91. The monoisotopic (exact) mass is 1080 g/mol. The number of nitrogens with zero attached hydrogens (tertiary/aromatic N) is 1. The third kappa shape index (κ3) is 22.1. The predicted molar refractivity (Wildman–Crippen MR) is 277 cm³/mol. The van der Waals surface area contributed by atoms with Crippen molar-refractivity contribution in [3.05, 3.63) is 29.8 Å². The molecular formula is C53H88N6O17. The molecule has 0 radical (unpaired) electrons. The molecule has 16 unspecified atom stereocenters. The highest BCUT2D eigenvalue weighted by Crippen LogP contribution is 2.25. The molecule has 1 aliphatic heterocycles. The number of carbonyl (C=O) groups is 8. The van der Waals surface area contributed by atoms with Crippen LogP contribution in [-0.2, 0) is 38.4 Å². The van der Waals surface area contributed by atoms with Crippen LogP contribution < -0.4 is 26.6 Å². The molecule has 1 saturated heterocycles. The largest absolute Gasteiger partial charge is 0.508 e. The maximum Gasteiger partial charge on any atom is 0.248 e. The first kappa shape index (κ1) is 67.0. The Kier molecular flexibility index (Phi) is 29.9. The van der Waals surface area contributed by atoms with Crippen LogP contribution in [0.5, 0.6) is 5.75 Å². The van der Waals surface area contributed by atoms with Crippen molar-refractivity contribution in [2.45, 2.75) is 224 Å². The van der Waals surface area contributed by atoms with Gasteiger partial charge in [-0.1, -0.05) is 98.1 Å². The Labute approximate surface area is 446 Å². The molecule has 432 valence electrons. The lowest BCUT2D eigenvalue weighted by Crippen LogP contribution is -2.63. The Morgan fingerprint density at radius 1 is 0.684 bits per heavy atom. The number of hydrogen-bond acceptors (Lipinski definition) is 17. The van der Waals surface area contributed by atoms with Crippen molar-refractivity contribution in [2.75, 3.05) is 6.54 Å². The molecule has 0 spiro atoms. The number of phenolic OH excluding ortho intramolecular Hbond substituents is 1. The molecule has 0 aromatic heterocycles. The van der Waals surface area contributed by atoms with E-state index in [-0.39, 0.29) is 30.4 Å². The zero-order valence-corrected chi connectivity index (χ0v) is 45.2. The second-order valence-electron chi connectivity index (χ2n) is 20.7. The molecule has 6 amide bonds. The standard InChI is InChI=1S/C53H88N6O17/c1-8-16-39(65)31(5)48(71)58-51(74)41(67)27-37(54-42(68)18-15-13-11-10-12-14-17-30(4)25-29(3)9-2)49(72)56-44(33(7)62)53(76)59-28-36(64)26-38(59)50(73)57-45(47(70)46(69)34-19-21-35(63)22-20-34)52(75)55-43(32(6)61)40(66)23-24-60/h19-22,24,29-31,33,36-41,43-47,51,62-67,69-70,74H,8-18,23,25-28H2,1-7H3,(H,54,68)(H,55,75)(H,56,72)(H,57,73)(H,58,71). The van der Waals surface area contributed by atoms with Crippen molar-refractivity contribution < 1.29 is 84.3 Å². The highest BCUT2D eigenvalue weighted by Gasteiger charge is 2.46. The third-order valence-corrected chi connectivity index (χ3v) is 14.1. The molecule has 0 saturated carbocycles. The van der Waals surface area contributed by atoms with Crippen LogP contribution in [0.3, 0.4) is 0 Å². The molecule has 1 aromatic rings. The van der Waals surface area contributed by atoms with E-state index in [4.69, 9.17) is 0 Å². The normalized spacial score (nSPS) is 20.1. The highest BCUT2D eigenvalue weighted by atomic mass is 16.3. The zero-order valence-electron chi connectivity index (χ0n) is 45.2. The molecule has 1 fully saturated rings. The van der Waals surface area contributed by atoms with Gasteiger partial charge in [0.15, 0.2) is 12.0 Å². The summed E-state index contributed by atoms with van der Waals surface area (Å²) >= 11 is 0. The Hall–Kier alpha value is -5.14. The van der Waals surface area contributed by atoms with Gasteiger partial charge in [0.2, 0.25) is 35.4 Å². The number of aldehydes is 1. The van der Waals surface area contributed by atoms with E-state index in [2.05, 4.69) is 47.4 Å². The second kappa shape index (κ2) is 33.9. The first-order chi connectivity index (χ1) is 35.8. The third-order valence-electron chi connectivity index (χ3n) is 14.1. The number of carbonyl (C=O) groups excluding carboxylic acids is 8. The van der Waals surface area contributed by atoms with Crippen LogP contribution in [0.4, 0.5) is 0 Å². The average molecular weight is 1080 g/mol. The van der Waals surface area contributed by atoms with Gasteiger partial charge in [-0.3, -0.25) is 33.6 Å². The fraction of sp³-hybridized carbons (Fsp3) is 0.736. The number of benzene rings is 1. The Morgan fingerprint density at radius 2 is 1.29 bits per heavy atom. The zero-order chi connectivity index (χ0) is 57.4. The van der Waals surface area contributed by atoms with Gasteiger partial charge in [0.1, 0.15) is 60.6 Å². The van der Waals surface area contributed by atoms with Gasteiger partial charge in [0.05, 0.1) is 30.3 Å². The molecule has 2 rings (SSSR count). The number of amides is 6.